The topological polar surface area (TPSA) is 43.1 Å². The fourth-order valence-corrected chi connectivity index (χ4v) is 0.999. The number of amides is 1. The van der Waals surface area contributed by atoms with Crippen molar-refractivity contribution in [2.45, 2.75) is 6.42 Å². The van der Waals surface area contributed by atoms with Crippen LogP contribution in [-0.2, 0) is 4.79 Å². The highest BCUT2D eigenvalue weighted by atomic mass is 19.2. The van der Waals surface area contributed by atoms with Crippen LogP contribution in [0.5, 0.6) is 0 Å². The van der Waals surface area contributed by atoms with Crippen LogP contribution in [0.2, 0.25) is 0 Å². The molecule has 1 amide bonds. The number of hydrogen-bond donors (Lipinski definition) is 1. The zero-order valence-corrected chi connectivity index (χ0v) is 7.64. The van der Waals surface area contributed by atoms with Crippen LogP contribution >= 0.6 is 0 Å². The van der Waals surface area contributed by atoms with E-state index in [2.05, 4.69) is 0 Å². The molecular weight excluding hydrogens is 207 g/mol. The molecule has 1 aromatic carbocycles. The fraction of sp³-hybridized carbons (Fsp3) is 0.100. The minimum absolute atomic E-state index is 0.114. The highest BCUT2D eigenvalue weighted by Crippen LogP contribution is 2.15. The van der Waals surface area contributed by atoms with Gasteiger partial charge in [0, 0.05) is 18.1 Å². The molecule has 1 rings (SSSR count). The molecule has 80 valence electrons. The van der Waals surface area contributed by atoms with Gasteiger partial charge in [0.25, 0.3) is 0 Å². The van der Waals surface area contributed by atoms with E-state index in [0.717, 1.165) is 12.1 Å². The Morgan fingerprint density at radius 1 is 1.33 bits per heavy atom. The molecule has 0 saturated carbocycles. The van der Waals surface area contributed by atoms with Gasteiger partial charge in [-0.25, -0.2) is 13.2 Å². The van der Waals surface area contributed by atoms with Crippen LogP contribution in [0.25, 0.3) is 6.08 Å². The Kier molecular flexibility index (Phi) is 3.49. The van der Waals surface area contributed by atoms with E-state index < -0.39 is 23.4 Å². The number of carbonyl (C=O) groups is 1. The third kappa shape index (κ3) is 3.12. The van der Waals surface area contributed by atoms with Gasteiger partial charge in [0.05, 0.1) is 0 Å². The molecule has 0 fully saturated rings. The lowest BCUT2D eigenvalue weighted by atomic mass is 10.1. The standard InChI is InChI=1S/C10H8F3NO/c11-7-4-6(2-1-3-9(14)15)10(13)8(12)5-7/h1-2,4-5H,3H2,(H2,14,15). The Labute approximate surface area is 84.2 Å². The van der Waals surface area contributed by atoms with Crippen LogP contribution in [0.4, 0.5) is 13.2 Å². The maximum Gasteiger partial charge on any atom is 0.221 e. The van der Waals surface area contributed by atoms with Gasteiger partial charge in [-0.3, -0.25) is 4.79 Å². The molecule has 0 unspecified atom stereocenters. The molecule has 0 spiro atoms. The van der Waals surface area contributed by atoms with Crippen LogP contribution in [0.3, 0.4) is 0 Å². The number of halogens is 3. The van der Waals surface area contributed by atoms with E-state index in [1.165, 1.54) is 6.08 Å². The molecule has 2 N–H and O–H groups in total. The number of carbonyl (C=O) groups excluding carboxylic acids is 1. The van der Waals surface area contributed by atoms with Crippen LogP contribution in [0.15, 0.2) is 18.2 Å². The summed E-state index contributed by atoms with van der Waals surface area (Å²) < 4.78 is 38.3. The van der Waals surface area contributed by atoms with E-state index in [9.17, 15) is 18.0 Å². The third-order valence-electron chi connectivity index (χ3n) is 1.64. The van der Waals surface area contributed by atoms with Gasteiger partial charge in [0.1, 0.15) is 5.82 Å². The van der Waals surface area contributed by atoms with Crippen molar-refractivity contribution in [1.82, 2.24) is 0 Å². The van der Waals surface area contributed by atoms with E-state index in [1.807, 2.05) is 0 Å². The third-order valence-corrected chi connectivity index (χ3v) is 1.64. The molecule has 2 nitrogen and oxygen atoms in total. The first-order valence-corrected chi connectivity index (χ1v) is 4.10. The Morgan fingerprint density at radius 2 is 2.00 bits per heavy atom. The monoisotopic (exact) mass is 215 g/mol. The highest BCUT2D eigenvalue weighted by molar-refractivity contribution is 5.76. The van der Waals surface area contributed by atoms with Crippen molar-refractivity contribution in [3.63, 3.8) is 0 Å². The first kappa shape index (κ1) is 11.3. The van der Waals surface area contributed by atoms with Gasteiger partial charge in [-0.2, -0.15) is 0 Å². The SMILES string of the molecule is NC(=O)CC=Cc1cc(F)cc(F)c1F. The van der Waals surface area contributed by atoms with E-state index in [4.69, 9.17) is 5.73 Å². The van der Waals surface area contributed by atoms with Crippen LogP contribution in [0.1, 0.15) is 12.0 Å². The second-order valence-corrected chi connectivity index (χ2v) is 2.86. The summed E-state index contributed by atoms with van der Waals surface area (Å²) in [7, 11) is 0. The lowest BCUT2D eigenvalue weighted by molar-refractivity contribution is -0.117. The van der Waals surface area contributed by atoms with Crippen molar-refractivity contribution >= 4 is 12.0 Å². The second kappa shape index (κ2) is 4.63. The van der Waals surface area contributed by atoms with E-state index in [-0.39, 0.29) is 12.0 Å². The Bertz CT molecular complexity index is 415. The summed E-state index contributed by atoms with van der Waals surface area (Å²) in [6.45, 7) is 0. The lowest BCUT2D eigenvalue weighted by Crippen LogP contribution is -2.07. The molecule has 0 radical (unpaired) electrons. The molecule has 0 aliphatic rings. The summed E-state index contributed by atoms with van der Waals surface area (Å²) in [5.41, 5.74) is 4.57. The van der Waals surface area contributed by atoms with E-state index in [1.54, 1.807) is 0 Å². The Hall–Kier alpha value is -1.78. The van der Waals surface area contributed by atoms with E-state index >= 15 is 0 Å². The quantitative estimate of drug-likeness (QED) is 0.770. The number of nitrogens with two attached hydrogens (primary N) is 1. The van der Waals surface area contributed by atoms with Crippen molar-refractivity contribution in [3.05, 3.63) is 41.2 Å². The van der Waals surface area contributed by atoms with Gasteiger partial charge >= 0.3 is 0 Å². The average Bonchev–Trinajstić information content (AvgIpc) is 2.12. The van der Waals surface area contributed by atoms with Crippen LogP contribution < -0.4 is 5.73 Å². The summed E-state index contributed by atoms with van der Waals surface area (Å²) in [4.78, 5) is 10.3. The molecule has 0 aromatic heterocycles. The normalized spacial score (nSPS) is 10.9. The minimum Gasteiger partial charge on any atom is -0.369 e. The molecule has 0 aliphatic heterocycles. The molecule has 0 saturated heterocycles. The second-order valence-electron chi connectivity index (χ2n) is 2.86. The molecule has 0 heterocycles. The van der Waals surface area contributed by atoms with E-state index in [0.29, 0.717) is 6.07 Å². The molecule has 1 aromatic rings. The lowest BCUT2D eigenvalue weighted by Gasteiger charge is -1.98. The molecule has 0 aliphatic carbocycles. The molecule has 15 heavy (non-hydrogen) atoms. The average molecular weight is 215 g/mol. The van der Waals surface area contributed by atoms with Crippen molar-refractivity contribution in [2.75, 3.05) is 0 Å². The Morgan fingerprint density at radius 3 is 2.60 bits per heavy atom. The zero-order chi connectivity index (χ0) is 11.4. The summed E-state index contributed by atoms with van der Waals surface area (Å²) in [5.74, 6) is -3.91. The smallest absolute Gasteiger partial charge is 0.221 e. The number of benzene rings is 1. The molecule has 0 bridgehead atoms. The largest absolute Gasteiger partial charge is 0.369 e. The summed E-state index contributed by atoms with van der Waals surface area (Å²) in [5, 5.41) is 0. The summed E-state index contributed by atoms with van der Waals surface area (Å²) in [6, 6.07) is 1.27. The summed E-state index contributed by atoms with van der Waals surface area (Å²) >= 11 is 0. The van der Waals surface area contributed by atoms with Crippen molar-refractivity contribution in [2.24, 2.45) is 5.73 Å². The molecule has 0 atom stereocenters. The zero-order valence-electron chi connectivity index (χ0n) is 7.64. The van der Waals surface area contributed by atoms with Crippen LogP contribution in [-0.4, -0.2) is 5.91 Å². The Balaban J connectivity index is 2.94. The first-order valence-electron chi connectivity index (χ1n) is 4.10. The van der Waals surface area contributed by atoms with Crippen LogP contribution in [0, 0.1) is 17.5 Å². The van der Waals surface area contributed by atoms with Gasteiger partial charge in [0.2, 0.25) is 5.91 Å². The van der Waals surface area contributed by atoms with Gasteiger partial charge in [-0.05, 0) is 6.07 Å². The van der Waals surface area contributed by atoms with Gasteiger partial charge in [0.15, 0.2) is 11.6 Å². The summed E-state index contributed by atoms with van der Waals surface area (Å²) in [6.07, 6.45) is 2.23. The van der Waals surface area contributed by atoms with Crippen molar-refractivity contribution < 1.29 is 18.0 Å². The van der Waals surface area contributed by atoms with Gasteiger partial charge in [-0.15, -0.1) is 0 Å². The first-order chi connectivity index (χ1) is 7.00. The maximum atomic E-state index is 13.0. The maximum absolute atomic E-state index is 13.0. The predicted molar refractivity (Wildman–Crippen MR) is 49.2 cm³/mol. The van der Waals surface area contributed by atoms with Crippen molar-refractivity contribution in [3.8, 4) is 0 Å². The van der Waals surface area contributed by atoms with Gasteiger partial charge < -0.3 is 5.73 Å². The minimum atomic E-state index is -1.27. The van der Waals surface area contributed by atoms with Gasteiger partial charge in [-0.1, -0.05) is 12.2 Å². The number of primary amides is 1. The number of rotatable bonds is 3. The molecule has 5 heteroatoms. The fourth-order valence-electron chi connectivity index (χ4n) is 0.999. The predicted octanol–water partition coefficient (Wildman–Crippen LogP) is 1.99. The van der Waals surface area contributed by atoms with Crippen molar-refractivity contribution in [1.29, 1.82) is 0 Å². The molecular formula is C10H8F3NO. The number of hydrogen-bond acceptors (Lipinski definition) is 1. The highest BCUT2D eigenvalue weighted by Gasteiger charge is 2.08.